The SMILES string of the molecule is C=CCn1c(C)c(C(N)=O)c(-c2ccc(N3CCCC3)cc2)c1CCC(=O)OC. The third kappa shape index (κ3) is 4.21. The number of hydrogen-bond donors (Lipinski definition) is 1. The molecule has 2 heterocycles. The number of amides is 1. The largest absolute Gasteiger partial charge is 0.469 e. The van der Waals surface area contributed by atoms with Gasteiger partial charge in [0.25, 0.3) is 5.91 Å². The summed E-state index contributed by atoms with van der Waals surface area (Å²) >= 11 is 0. The second-order valence-electron chi connectivity index (χ2n) is 7.36. The van der Waals surface area contributed by atoms with Crippen LogP contribution in [0.4, 0.5) is 5.69 Å². The van der Waals surface area contributed by atoms with Crippen LogP contribution >= 0.6 is 0 Å². The van der Waals surface area contributed by atoms with Crippen molar-refractivity contribution in [2.45, 2.75) is 39.2 Å². The summed E-state index contributed by atoms with van der Waals surface area (Å²) in [5, 5.41) is 0. The van der Waals surface area contributed by atoms with Gasteiger partial charge in [-0.25, -0.2) is 0 Å². The third-order valence-electron chi connectivity index (χ3n) is 5.61. The third-order valence-corrected chi connectivity index (χ3v) is 5.61. The first-order valence-corrected chi connectivity index (χ1v) is 10.0. The van der Waals surface area contributed by atoms with Crippen molar-refractivity contribution in [2.75, 3.05) is 25.1 Å². The molecule has 1 amide bonds. The molecule has 29 heavy (non-hydrogen) atoms. The number of hydrogen-bond acceptors (Lipinski definition) is 4. The first-order valence-electron chi connectivity index (χ1n) is 10.0. The number of benzene rings is 1. The van der Waals surface area contributed by atoms with Crippen LogP contribution in [0.5, 0.6) is 0 Å². The molecule has 1 aromatic heterocycles. The summed E-state index contributed by atoms with van der Waals surface area (Å²) in [4.78, 5) is 26.5. The Morgan fingerprint density at radius 1 is 1.21 bits per heavy atom. The van der Waals surface area contributed by atoms with E-state index in [1.807, 2.05) is 23.6 Å². The van der Waals surface area contributed by atoms with Crippen molar-refractivity contribution in [1.29, 1.82) is 0 Å². The summed E-state index contributed by atoms with van der Waals surface area (Å²) in [6.45, 7) is 8.40. The van der Waals surface area contributed by atoms with E-state index in [-0.39, 0.29) is 12.4 Å². The number of methoxy groups -OCH3 is 1. The average Bonchev–Trinajstić information content (AvgIpc) is 3.34. The van der Waals surface area contributed by atoms with Crippen molar-refractivity contribution < 1.29 is 14.3 Å². The number of nitrogens with two attached hydrogens (primary N) is 1. The summed E-state index contributed by atoms with van der Waals surface area (Å²) in [6, 6.07) is 8.26. The fraction of sp³-hybridized carbons (Fsp3) is 0.391. The van der Waals surface area contributed by atoms with E-state index in [2.05, 4.69) is 23.6 Å². The molecule has 0 radical (unpaired) electrons. The van der Waals surface area contributed by atoms with Gasteiger partial charge in [0.2, 0.25) is 0 Å². The van der Waals surface area contributed by atoms with Crippen LogP contribution in [0, 0.1) is 6.92 Å². The number of esters is 1. The topological polar surface area (TPSA) is 77.6 Å². The minimum Gasteiger partial charge on any atom is -0.469 e. The number of aromatic nitrogens is 1. The lowest BCUT2D eigenvalue weighted by atomic mass is 9.97. The summed E-state index contributed by atoms with van der Waals surface area (Å²) in [5.41, 5.74) is 10.9. The van der Waals surface area contributed by atoms with Gasteiger partial charge in [-0.05, 0) is 43.9 Å². The molecule has 1 aromatic carbocycles. The molecule has 6 heteroatoms. The van der Waals surface area contributed by atoms with E-state index in [1.54, 1.807) is 6.08 Å². The molecule has 0 bridgehead atoms. The van der Waals surface area contributed by atoms with E-state index in [4.69, 9.17) is 10.5 Å². The maximum absolute atomic E-state index is 12.3. The predicted octanol–water partition coefficient (Wildman–Crippen LogP) is 3.45. The van der Waals surface area contributed by atoms with Crippen LogP contribution in [0.3, 0.4) is 0 Å². The minimum atomic E-state index is -0.469. The van der Waals surface area contributed by atoms with Crippen LogP contribution in [-0.2, 0) is 22.5 Å². The van der Waals surface area contributed by atoms with Crippen molar-refractivity contribution in [1.82, 2.24) is 4.57 Å². The van der Waals surface area contributed by atoms with E-state index in [0.29, 0.717) is 18.5 Å². The summed E-state index contributed by atoms with van der Waals surface area (Å²) in [6.07, 6.45) is 4.90. The van der Waals surface area contributed by atoms with E-state index in [9.17, 15) is 9.59 Å². The molecule has 154 valence electrons. The van der Waals surface area contributed by atoms with Crippen LogP contribution in [0.25, 0.3) is 11.1 Å². The van der Waals surface area contributed by atoms with Gasteiger partial charge >= 0.3 is 5.97 Å². The fourth-order valence-corrected chi connectivity index (χ4v) is 4.18. The van der Waals surface area contributed by atoms with Gasteiger partial charge in [0.05, 0.1) is 19.1 Å². The number of ether oxygens (including phenoxy) is 1. The molecule has 3 rings (SSSR count). The van der Waals surface area contributed by atoms with Gasteiger partial charge < -0.3 is 19.9 Å². The molecular formula is C23H29N3O3. The van der Waals surface area contributed by atoms with E-state index >= 15 is 0 Å². The van der Waals surface area contributed by atoms with Crippen LogP contribution in [0.15, 0.2) is 36.9 Å². The molecule has 0 spiro atoms. The lowest BCUT2D eigenvalue weighted by Gasteiger charge is -2.18. The molecule has 2 N–H and O–H groups in total. The van der Waals surface area contributed by atoms with Crippen LogP contribution in [0.2, 0.25) is 0 Å². The van der Waals surface area contributed by atoms with Crippen molar-refractivity contribution in [3.8, 4) is 11.1 Å². The Balaban J connectivity index is 2.08. The van der Waals surface area contributed by atoms with Crippen molar-refractivity contribution >= 4 is 17.6 Å². The van der Waals surface area contributed by atoms with Crippen molar-refractivity contribution in [3.63, 3.8) is 0 Å². The molecule has 6 nitrogen and oxygen atoms in total. The molecule has 0 aliphatic carbocycles. The van der Waals surface area contributed by atoms with Crippen molar-refractivity contribution in [2.24, 2.45) is 5.73 Å². The van der Waals surface area contributed by atoms with E-state index < -0.39 is 5.91 Å². The maximum atomic E-state index is 12.3. The Labute approximate surface area is 171 Å². The van der Waals surface area contributed by atoms with Gasteiger partial charge in [0, 0.05) is 42.3 Å². The molecule has 1 fully saturated rings. The standard InChI is InChI=1S/C23H29N3O3/c1-4-13-26-16(2)21(23(24)28)22(19(26)11-12-20(27)29-3)17-7-9-18(10-8-17)25-14-5-6-15-25/h4,7-10H,1,5-6,11-15H2,2-3H3,(H2,24,28). The summed E-state index contributed by atoms with van der Waals surface area (Å²) in [7, 11) is 1.38. The summed E-state index contributed by atoms with van der Waals surface area (Å²) < 4.78 is 6.82. The second kappa shape index (κ2) is 8.99. The highest BCUT2D eigenvalue weighted by atomic mass is 16.5. The Kier molecular flexibility index (Phi) is 6.42. The van der Waals surface area contributed by atoms with Crippen LogP contribution in [-0.4, -0.2) is 36.6 Å². The summed E-state index contributed by atoms with van der Waals surface area (Å²) in [5.74, 6) is -0.756. The predicted molar refractivity (Wildman–Crippen MR) is 115 cm³/mol. The Hall–Kier alpha value is -3.02. The number of nitrogens with zero attached hydrogens (tertiary/aromatic N) is 2. The average molecular weight is 396 g/mol. The van der Waals surface area contributed by atoms with Gasteiger partial charge in [-0.2, -0.15) is 0 Å². The highest BCUT2D eigenvalue weighted by Gasteiger charge is 2.25. The fourth-order valence-electron chi connectivity index (χ4n) is 4.18. The normalized spacial score (nSPS) is 13.5. The number of primary amides is 1. The number of carbonyl (C=O) groups is 2. The number of anilines is 1. The van der Waals surface area contributed by atoms with Gasteiger partial charge in [0.1, 0.15) is 0 Å². The highest BCUT2D eigenvalue weighted by molar-refractivity contribution is 6.02. The molecule has 0 saturated carbocycles. The monoisotopic (exact) mass is 395 g/mol. The number of allylic oxidation sites excluding steroid dienone is 1. The lowest BCUT2D eigenvalue weighted by Crippen LogP contribution is -2.17. The molecule has 0 unspecified atom stereocenters. The quantitative estimate of drug-likeness (QED) is 0.549. The van der Waals surface area contributed by atoms with Crippen LogP contribution in [0.1, 0.15) is 41.0 Å². The Morgan fingerprint density at radius 3 is 2.41 bits per heavy atom. The zero-order valence-corrected chi connectivity index (χ0v) is 17.2. The Bertz CT molecular complexity index is 906. The first kappa shape index (κ1) is 20.7. The smallest absolute Gasteiger partial charge is 0.305 e. The zero-order valence-electron chi connectivity index (χ0n) is 17.2. The van der Waals surface area contributed by atoms with Gasteiger partial charge in [-0.3, -0.25) is 9.59 Å². The molecule has 1 aliphatic heterocycles. The minimum absolute atomic E-state index is 0.230. The number of carbonyl (C=O) groups excluding carboxylic acids is 2. The zero-order chi connectivity index (χ0) is 21.0. The van der Waals surface area contributed by atoms with Crippen LogP contribution < -0.4 is 10.6 Å². The van der Waals surface area contributed by atoms with Gasteiger partial charge in [-0.1, -0.05) is 18.2 Å². The molecule has 2 aromatic rings. The molecule has 1 saturated heterocycles. The molecule has 0 atom stereocenters. The molecule has 1 aliphatic rings. The first-order chi connectivity index (χ1) is 14.0. The second-order valence-corrected chi connectivity index (χ2v) is 7.36. The van der Waals surface area contributed by atoms with E-state index in [1.165, 1.54) is 25.6 Å². The number of rotatable bonds is 8. The molecular weight excluding hydrogens is 366 g/mol. The highest BCUT2D eigenvalue weighted by Crippen LogP contribution is 2.35. The van der Waals surface area contributed by atoms with E-state index in [0.717, 1.165) is 35.6 Å². The van der Waals surface area contributed by atoms with Gasteiger partial charge in [0.15, 0.2) is 0 Å². The maximum Gasteiger partial charge on any atom is 0.305 e. The Morgan fingerprint density at radius 2 is 1.86 bits per heavy atom. The van der Waals surface area contributed by atoms with Gasteiger partial charge in [-0.15, -0.1) is 6.58 Å². The van der Waals surface area contributed by atoms with Crippen molar-refractivity contribution in [3.05, 3.63) is 53.9 Å². The lowest BCUT2D eigenvalue weighted by molar-refractivity contribution is -0.140.